The summed E-state index contributed by atoms with van der Waals surface area (Å²) in [5.74, 6) is 0.714. The van der Waals surface area contributed by atoms with Gasteiger partial charge in [0.05, 0.1) is 18.6 Å². The Hall–Kier alpha value is -1.23. The Kier molecular flexibility index (Phi) is 4.81. The van der Waals surface area contributed by atoms with Gasteiger partial charge in [-0.1, -0.05) is 22.9 Å². The maximum absolute atomic E-state index is 11.4. The lowest BCUT2D eigenvalue weighted by Crippen LogP contribution is -2.27. The first kappa shape index (κ1) is 16.1. The first-order valence-electron chi connectivity index (χ1n) is 7.20. The van der Waals surface area contributed by atoms with Crippen LogP contribution < -0.4 is 9.47 Å². The van der Waals surface area contributed by atoms with Crippen LogP contribution in [-0.2, 0) is 17.6 Å². The second-order valence-electron chi connectivity index (χ2n) is 5.91. The molecule has 1 aliphatic rings. The number of hydrogen-bond acceptors (Lipinski definition) is 3. The molecule has 0 saturated heterocycles. The average Bonchev–Trinajstić information content (AvgIpc) is 2.64. The second kappa shape index (κ2) is 6.26. The van der Waals surface area contributed by atoms with Gasteiger partial charge in [-0.2, -0.15) is 0 Å². The predicted molar refractivity (Wildman–Crippen MR) is 84.2 cm³/mol. The van der Waals surface area contributed by atoms with Gasteiger partial charge in [0.2, 0.25) is 0 Å². The lowest BCUT2D eigenvalue weighted by Gasteiger charge is -2.24. The van der Waals surface area contributed by atoms with Crippen LogP contribution in [0.15, 0.2) is 10.5 Å². The van der Waals surface area contributed by atoms with E-state index >= 15 is 0 Å². The third-order valence-electron chi connectivity index (χ3n) is 3.75. The van der Waals surface area contributed by atoms with Gasteiger partial charge in [0.15, 0.2) is 11.5 Å². The van der Waals surface area contributed by atoms with Gasteiger partial charge in [-0.3, -0.25) is 4.79 Å². The van der Waals surface area contributed by atoms with Gasteiger partial charge in [-0.15, -0.1) is 0 Å². The molecule has 1 aliphatic heterocycles. The smallest absolute Gasteiger partial charge is 0.309 e. The standard InChI is InChI=1S/C16H21BrO4/c1-4-10-11(9-16(2,3)15(18)19)12(17)8-13-14(10)21-7-5-6-20-13/h8H,4-7,9H2,1-3H3,(H,18,19). The number of carboxylic acid groups (broad SMARTS) is 1. The maximum Gasteiger partial charge on any atom is 0.309 e. The average molecular weight is 357 g/mol. The normalized spacial score (nSPS) is 14.7. The minimum atomic E-state index is -0.827. The van der Waals surface area contributed by atoms with Crippen LogP contribution in [0.5, 0.6) is 11.5 Å². The third kappa shape index (κ3) is 3.34. The molecule has 0 atom stereocenters. The van der Waals surface area contributed by atoms with Gasteiger partial charge in [0.25, 0.3) is 0 Å². The van der Waals surface area contributed by atoms with Crippen molar-refractivity contribution in [1.29, 1.82) is 0 Å². The minimum Gasteiger partial charge on any atom is -0.490 e. The monoisotopic (exact) mass is 356 g/mol. The molecule has 2 rings (SSSR count). The number of carbonyl (C=O) groups is 1. The van der Waals surface area contributed by atoms with Crippen molar-refractivity contribution < 1.29 is 19.4 Å². The van der Waals surface area contributed by atoms with Gasteiger partial charge in [-0.25, -0.2) is 0 Å². The van der Waals surface area contributed by atoms with Gasteiger partial charge in [0, 0.05) is 16.5 Å². The van der Waals surface area contributed by atoms with Crippen molar-refractivity contribution in [1.82, 2.24) is 0 Å². The summed E-state index contributed by atoms with van der Waals surface area (Å²) in [5.41, 5.74) is 1.21. The van der Waals surface area contributed by atoms with Gasteiger partial charge in [-0.05, 0) is 38.3 Å². The summed E-state index contributed by atoms with van der Waals surface area (Å²) in [6.45, 7) is 6.80. The number of aliphatic carboxylic acids is 1. The van der Waals surface area contributed by atoms with Crippen LogP contribution in [0.3, 0.4) is 0 Å². The van der Waals surface area contributed by atoms with Crippen molar-refractivity contribution in [3.63, 3.8) is 0 Å². The number of ether oxygens (including phenoxy) is 2. The Morgan fingerprint density at radius 3 is 2.62 bits per heavy atom. The lowest BCUT2D eigenvalue weighted by molar-refractivity contribution is -0.146. The van der Waals surface area contributed by atoms with Crippen LogP contribution >= 0.6 is 15.9 Å². The summed E-state index contributed by atoms with van der Waals surface area (Å²) < 4.78 is 12.5. The first-order chi connectivity index (χ1) is 9.86. The van der Waals surface area contributed by atoms with Crippen molar-refractivity contribution in [3.05, 3.63) is 21.7 Å². The van der Waals surface area contributed by atoms with Gasteiger partial charge in [0.1, 0.15) is 0 Å². The van der Waals surface area contributed by atoms with Gasteiger partial charge >= 0.3 is 5.97 Å². The SMILES string of the molecule is CCc1c(CC(C)(C)C(=O)O)c(Br)cc2c1OCCCO2. The number of carboxylic acids is 1. The fourth-order valence-electron chi connectivity index (χ4n) is 2.46. The molecule has 21 heavy (non-hydrogen) atoms. The largest absolute Gasteiger partial charge is 0.490 e. The van der Waals surface area contributed by atoms with E-state index in [-0.39, 0.29) is 0 Å². The molecule has 0 radical (unpaired) electrons. The molecule has 1 aromatic carbocycles. The van der Waals surface area contributed by atoms with Crippen LogP contribution in [0, 0.1) is 5.41 Å². The molecule has 0 unspecified atom stereocenters. The zero-order valence-electron chi connectivity index (χ0n) is 12.7. The van der Waals surface area contributed by atoms with Crippen LogP contribution in [0.4, 0.5) is 0 Å². The number of benzene rings is 1. The topological polar surface area (TPSA) is 55.8 Å². The molecule has 116 valence electrons. The highest BCUT2D eigenvalue weighted by atomic mass is 79.9. The van der Waals surface area contributed by atoms with Crippen molar-refractivity contribution in [2.45, 2.75) is 40.0 Å². The van der Waals surface area contributed by atoms with Gasteiger partial charge < -0.3 is 14.6 Å². The molecule has 0 saturated carbocycles. The molecule has 0 fully saturated rings. The van der Waals surface area contributed by atoms with Crippen LogP contribution in [-0.4, -0.2) is 24.3 Å². The lowest BCUT2D eigenvalue weighted by atomic mass is 9.83. The molecular weight excluding hydrogens is 336 g/mol. The Labute approximate surface area is 133 Å². The number of halogens is 1. The van der Waals surface area contributed by atoms with E-state index in [0.717, 1.165) is 39.9 Å². The number of fused-ring (bicyclic) bond motifs is 1. The highest BCUT2D eigenvalue weighted by Gasteiger charge is 2.31. The van der Waals surface area contributed by atoms with Crippen LogP contribution in [0.25, 0.3) is 0 Å². The van der Waals surface area contributed by atoms with Crippen molar-refractivity contribution in [3.8, 4) is 11.5 Å². The molecule has 0 amide bonds. The molecule has 0 spiro atoms. The summed E-state index contributed by atoms with van der Waals surface area (Å²) >= 11 is 3.57. The molecule has 4 nitrogen and oxygen atoms in total. The zero-order valence-corrected chi connectivity index (χ0v) is 14.2. The van der Waals surface area contributed by atoms with E-state index in [4.69, 9.17) is 9.47 Å². The van der Waals surface area contributed by atoms with Crippen molar-refractivity contribution in [2.75, 3.05) is 13.2 Å². The van der Waals surface area contributed by atoms with E-state index in [0.29, 0.717) is 19.6 Å². The fraction of sp³-hybridized carbons (Fsp3) is 0.562. The van der Waals surface area contributed by atoms with Crippen LogP contribution in [0.2, 0.25) is 0 Å². The highest BCUT2D eigenvalue weighted by Crippen LogP contribution is 2.42. The molecule has 0 aliphatic carbocycles. The van der Waals surface area contributed by atoms with Crippen LogP contribution in [0.1, 0.15) is 38.3 Å². The summed E-state index contributed by atoms with van der Waals surface area (Å²) in [6, 6.07) is 1.90. The third-order valence-corrected chi connectivity index (χ3v) is 4.46. The molecule has 0 bridgehead atoms. The van der Waals surface area contributed by atoms with Crippen molar-refractivity contribution >= 4 is 21.9 Å². The quantitative estimate of drug-likeness (QED) is 0.890. The van der Waals surface area contributed by atoms with E-state index in [9.17, 15) is 9.90 Å². The molecular formula is C16H21BrO4. The van der Waals surface area contributed by atoms with E-state index < -0.39 is 11.4 Å². The van der Waals surface area contributed by atoms with E-state index in [2.05, 4.69) is 15.9 Å². The molecule has 1 aromatic rings. The number of rotatable bonds is 4. The summed E-state index contributed by atoms with van der Waals surface area (Å²) in [5, 5.41) is 9.37. The first-order valence-corrected chi connectivity index (χ1v) is 7.99. The Morgan fingerprint density at radius 1 is 1.33 bits per heavy atom. The Morgan fingerprint density at radius 2 is 2.00 bits per heavy atom. The molecule has 1 heterocycles. The fourth-order valence-corrected chi connectivity index (χ4v) is 3.05. The van der Waals surface area contributed by atoms with E-state index in [1.54, 1.807) is 13.8 Å². The second-order valence-corrected chi connectivity index (χ2v) is 6.77. The minimum absolute atomic E-state index is 0.447. The van der Waals surface area contributed by atoms with E-state index in [1.807, 2.05) is 13.0 Å². The Balaban J connectivity index is 2.51. The number of hydrogen-bond donors (Lipinski definition) is 1. The molecule has 5 heteroatoms. The maximum atomic E-state index is 11.4. The predicted octanol–water partition coefficient (Wildman–Crippen LogP) is 3.83. The highest BCUT2D eigenvalue weighted by molar-refractivity contribution is 9.10. The van der Waals surface area contributed by atoms with E-state index in [1.165, 1.54) is 0 Å². The van der Waals surface area contributed by atoms with Crippen molar-refractivity contribution in [2.24, 2.45) is 5.41 Å². The summed E-state index contributed by atoms with van der Waals surface area (Å²) in [4.78, 5) is 11.4. The summed E-state index contributed by atoms with van der Waals surface area (Å²) in [7, 11) is 0. The summed E-state index contributed by atoms with van der Waals surface area (Å²) in [6.07, 6.45) is 2.07. The zero-order chi connectivity index (χ0) is 15.6. The Bertz CT molecular complexity index is 552. The molecule has 0 aromatic heterocycles. The molecule has 1 N–H and O–H groups in total.